The Morgan fingerprint density at radius 1 is 1.38 bits per heavy atom. The fourth-order valence-electron chi connectivity index (χ4n) is 1.80. The molecule has 2 aromatic heterocycles. The Morgan fingerprint density at radius 3 is 2.76 bits per heavy atom. The molecule has 0 radical (unpaired) electrons. The first kappa shape index (κ1) is 15.9. The highest BCUT2D eigenvalue weighted by molar-refractivity contribution is 9.10. The van der Waals surface area contributed by atoms with Crippen LogP contribution in [-0.2, 0) is 12.2 Å². The number of rotatable bonds is 5. The number of aromatic nitrogens is 3. The fraction of sp³-hybridized carbons (Fsp3) is 0.286. The molecular weight excluding hydrogens is 354 g/mol. The maximum Gasteiger partial charge on any atom is 0.340 e. The van der Waals surface area contributed by atoms with E-state index in [1.54, 1.807) is 19.3 Å². The maximum atomic E-state index is 11.4. The van der Waals surface area contributed by atoms with E-state index in [1.165, 1.54) is 11.8 Å². The highest BCUT2D eigenvalue weighted by Crippen LogP contribution is 2.27. The number of halogens is 1. The van der Waals surface area contributed by atoms with E-state index in [4.69, 9.17) is 0 Å². The summed E-state index contributed by atoms with van der Waals surface area (Å²) < 4.78 is 0.896. The Morgan fingerprint density at radius 2 is 2.14 bits per heavy atom. The van der Waals surface area contributed by atoms with Crippen LogP contribution in [0.4, 0.5) is 0 Å². The second-order valence-corrected chi connectivity index (χ2v) is 6.24. The van der Waals surface area contributed by atoms with Crippen LogP contribution in [0.15, 0.2) is 28.0 Å². The number of carboxylic acids is 1. The molecule has 5 nitrogen and oxygen atoms in total. The number of hydrogen-bond donors (Lipinski definition) is 1. The van der Waals surface area contributed by atoms with Crippen LogP contribution in [0.3, 0.4) is 0 Å². The molecule has 0 amide bonds. The van der Waals surface area contributed by atoms with Crippen molar-refractivity contribution in [3.05, 3.63) is 45.6 Å². The lowest BCUT2D eigenvalue weighted by molar-refractivity contribution is 0.0690. The Hall–Kier alpha value is -1.47. The average molecular weight is 368 g/mol. The van der Waals surface area contributed by atoms with Gasteiger partial charge >= 0.3 is 5.97 Å². The predicted molar refractivity (Wildman–Crippen MR) is 84.6 cm³/mol. The van der Waals surface area contributed by atoms with Gasteiger partial charge in [0.05, 0.1) is 5.69 Å². The summed E-state index contributed by atoms with van der Waals surface area (Å²) in [6.07, 6.45) is 4.14. The van der Waals surface area contributed by atoms with Gasteiger partial charge in [-0.15, -0.1) is 11.8 Å². The lowest BCUT2D eigenvalue weighted by atomic mass is 10.2. The minimum Gasteiger partial charge on any atom is -0.478 e. The topological polar surface area (TPSA) is 76.0 Å². The summed E-state index contributed by atoms with van der Waals surface area (Å²) in [6.45, 7) is 3.65. The van der Waals surface area contributed by atoms with E-state index >= 15 is 0 Å². The molecule has 0 aliphatic heterocycles. The van der Waals surface area contributed by atoms with Crippen LogP contribution < -0.4 is 0 Å². The van der Waals surface area contributed by atoms with Gasteiger partial charge in [0.1, 0.15) is 16.4 Å². The van der Waals surface area contributed by atoms with Crippen molar-refractivity contribution in [2.24, 2.45) is 0 Å². The molecule has 0 bridgehead atoms. The van der Waals surface area contributed by atoms with E-state index in [9.17, 15) is 9.90 Å². The molecule has 21 heavy (non-hydrogen) atoms. The SMILES string of the molecule is CCc1nc(C)c(C(=O)O)c(SCc2cncc(Br)c2)n1. The molecule has 0 unspecified atom stereocenters. The maximum absolute atomic E-state index is 11.4. The Kier molecular flexibility index (Phi) is 5.30. The molecule has 1 N–H and O–H groups in total. The third-order valence-electron chi connectivity index (χ3n) is 2.77. The number of nitrogens with zero attached hydrogens (tertiary/aromatic N) is 3. The largest absolute Gasteiger partial charge is 0.478 e. The molecular formula is C14H14BrN3O2S. The highest BCUT2D eigenvalue weighted by Gasteiger charge is 2.18. The predicted octanol–water partition coefficient (Wildman–Crippen LogP) is 3.50. The quantitative estimate of drug-likeness (QED) is 0.643. The minimum atomic E-state index is -0.995. The number of thioether (sulfide) groups is 1. The monoisotopic (exact) mass is 367 g/mol. The molecule has 0 aliphatic rings. The molecule has 0 atom stereocenters. The number of carbonyl (C=O) groups is 1. The van der Waals surface area contributed by atoms with Crippen molar-refractivity contribution in [1.82, 2.24) is 15.0 Å². The van der Waals surface area contributed by atoms with E-state index in [1.807, 2.05) is 13.0 Å². The van der Waals surface area contributed by atoms with E-state index in [0.29, 0.717) is 28.7 Å². The summed E-state index contributed by atoms with van der Waals surface area (Å²) in [5, 5.41) is 9.84. The summed E-state index contributed by atoms with van der Waals surface area (Å²) >= 11 is 4.76. The van der Waals surface area contributed by atoms with Crippen LogP contribution in [0.25, 0.3) is 0 Å². The van der Waals surface area contributed by atoms with Crippen molar-refractivity contribution < 1.29 is 9.90 Å². The molecule has 2 rings (SSSR count). The third-order valence-corrected chi connectivity index (χ3v) is 4.25. The second-order valence-electron chi connectivity index (χ2n) is 4.36. The van der Waals surface area contributed by atoms with Gasteiger partial charge in [-0.3, -0.25) is 4.98 Å². The molecule has 0 aliphatic carbocycles. The van der Waals surface area contributed by atoms with E-state index < -0.39 is 5.97 Å². The van der Waals surface area contributed by atoms with Gasteiger partial charge in [0, 0.05) is 29.0 Å². The van der Waals surface area contributed by atoms with Crippen LogP contribution in [0.1, 0.15) is 34.4 Å². The normalized spacial score (nSPS) is 10.6. The van der Waals surface area contributed by atoms with Gasteiger partial charge in [-0.1, -0.05) is 6.92 Å². The highest BCUT2D eigenvalue weighted by atomic mass is 79.9. The van der Waals surface area contributed by atoms with E-state index in [-0.39, 0.29) is 5.56 Å². The first-order chi connectivity index (χ1) is 10.0. The minimum absolute atomic E-state index is 0.181. The van der Waals surface area contributed by atoms with Gasteiger partial charge in [-0.05, 0) is 34.5 Å². The van der Waals surface area contributed by atoms with Crippen molar-refractivity contribution >= 4 is 33.7 Å². The van der Waals surface area contributed by atoms with Crippen molar-refractivity contribution in [3.8, 4) is 0 Å². The Labute approximate surface area is 135 Å². The zero-order valence-electron chi connectivity index (χ0n) is 11.6. The smallest absolute Gasteiger partial charge is 0.340 e. The zero-order valence-corrected chi connectivity index (χ0v) is 14.0. The van der Waals surface area contributed by atoms with Crippen LogP contribution in [0.5, 0.6) is 0 Å². The molecule has 0 fully saturated rings. The van der Waals surface area contributed by atoms with Crippen LogP contribution in [-0.4, -0.2) is 26.0 Å². The van der Waals surface area contributed by atoms with Gasteiger partial charge in [0.15, 0.2) is 0 Å². The van der Waals surface area contributed by atoms with Crippen molar-refractivity contribution in [2.75, 3.05) is 0 Å². The van der Waals surface area contributed by atoms with Gasteiger partial charge in [0.25, 0.3) is 0 Å². The molecule has 110 valence electrons. The third kappa shape index (κ3) is 4.01. The lowest BCUT2D eigenvalue weighted by Gasteiger charge is -2.09. The standard InChI is InChI=1S/C14H14BrN3O2S/c1-3-11-17-8(2)12(14(19)20)13(18-11)21-7-9-4-10(15)6-16-5-9/h4-6H,3,7H2,1-2H3,(H,19,20). The molecule has 0 saturated heterocycles. The first-order valence-electron chi connectivity index (χ1n) is 6.34. The number of hydrogen-bond acceptors (Lipinski definition) is 5. The first-order valence-corrected chi connectivity index (χ1v) is 8.12. The number of carboxylic acid groups (broad SMARTS) is 1. The number of pyridine rings is 1. The molecule has 0 saturated carbocycles. The second kappa shape index (κ2) is 7.00. The van der Waals surface area contributed by atoms with Crippen molar-refractivity contribution in [3.63, 3.8) is 0 Å². The van der Waals surface area contributed by atoms with Gasteiger partial charge in [-0.25, -0.2) is 14.8 Å². The van der Waals surface area contributed by atoms with Crippen molar-refractivity contribution in [1.29, 1.82) is 0 Å². The number of aromatic carboxylic acids is 1. The van der Waals surface area contributed by atoms with Gasteiger partial charge in [-0.2, -0.15) is 0 Å². The summed E-state index contributed by atoms with van der Waals surface area (Å²) in [5.74, 6) is 0.268. The molecule has 2 aromatic rings. The van der Waals surface area contributed by atoms with Gasteiger partial charge < -0.3 is 5.11 Å². The number of aryl methyl sites for hydroxylation is 2. The summed E-state index contributed by atoms with van der Waals surface area (Å²) in [4.78, 5) is 24.1. The zero-order chi connectivity index (χ0) is 15.4. The molecule has 0 aromatic carbocycles. The van der Waals surface area contributed by atoms with Crippen LogP contribution in [0.2, 0.25) is 0 Å². The summed E-state index contributed by atoms with van der Waals surface area (Å²) in [7, 11) is 0. The molecule has 7 heteroatoms. The summed E-state index contributed by atoms with van der Waals surface area (Å²) in [5.41, 5.74) is 1.68. The van der Waals surface area contributed by atoms with E-state index in [2.05, 4.69) is 30.9 Å². The summed E-state index contributed by atoms with van der Waals surface area (Å²) in [6, 6.07) is 1.95. The van der Waals surface area contributed by atoms with Crippen molar-refractivity contribution in [2.45, 2.75) is 31.0 Å². The van der Waals surface area contributed by atoms with Crippen LogP contribution >= 0.6 is 27.7 Å². The fourth-order valence-corrected chi connectivity index (χ4v) is 3.22. The lowest BCUT2D eigenvalue weighted by Crippen LogP contribution is -2.09. The van der Waals surface area contributed by atoms with Gasteiger partial charge in [0.2, 0.25) is 0 Å². The molecule has 2 heterocycles. The van der Waals surface area contributed by atoms with Crippen LogP contribution in [0, 0.1) is 6.92 Å². The Bertz CT molecular complexity index is 679. The Balaban J connectivity index is 2.29. The molecule has 0 spiro atoms. The van der Waals surface area contributed by atoms with E-state index in [0.717, 1.165) is 10.0 Å². The average Bonchev–Trinajstić information content (AvgIpc) is 2.44.